The van der Waals surface area contributed by atoms with Gasteiger partial charge in [-0.1, -0.05) is 23.2 Å². The van der Waals surface area contributed by atoms with Gasteiger partial charge in [0.1, 0.15) is 5.75 Å². The van der Waals surface area contributed by atoms with Gasteiger partial charge in [0, 0.05) is 16.1 Å². The van der Waals surface area contributed by atoms with Gasteiger partial charge < -0.3 is 4.74 Å². The monoisotopic (exact) mass is 394 g/mol. The Morgan fingerprint density at radius 1 is 1.10 bits per heavy atom. The van der Waals surface area contributed by atoms with Crippen LogP contribution in [0.2, 0.25) is 10.0 Å². The molecule has 2 rings (SSSR count). The van der Waals surface area contributed by atoms with Crippen LogP contribution in [0, 0.1) is 11.6 Å². The number of hydrogen-bond acceptors (Lipinski definition) is 2. The lowest BCUT2D eigenvalue weighted by molar-refractivity contribution is 0.0921. The molecule has 0 aliphatic rings. The molecular formula is C14H7BrCl2F2O2. The van der Waals surface area contributed by atoms with E-state index in [1.165, 1.54) is 18.2 Å². The molecule has 21 heavy (non-hydrogen) atoms. The average molecular weight is 396 g/mol. The van der Waals surface area contributed by atoms with Gasteiger partial charge in [-0.25, -0.2) is 8.78 Å². The Kier molecular flexibility index (Phi) is 5.19. The second kappa shape index (κ2) is 6.73. The number of ketones is 1. The smallest absolute Gasteiger partial charge is 0.200 e. The lowest BCUT2D eigenvalue weighted by atomic mass is 10.1. The topological polar surface area (TPSA) is 26.3 Å². The Bertz CT molecular complexity index is 708. The first-order valence-electron chi connectivity index (χ1n) is 5.64. The fraction of sp³-hybridized carbons (Fsp3) is 0.0714. The SMILES string of the molecule is O=C(COc1cc(Cl)c(Br)cc1Cl)c1ccc(F)c(F)c1. The van der Waals surface area contributed by atoms with Crippen LogP contribution >= 0.6 is 39.1 Å². The van der Waals surface area contributed by atoms with Crippen molar-refractivity contribution in [2.24, 2.45) is 0 Å². The van der Waals surface area contributed by atoms with Crippen molar-refractivity contribution < 1.29 is 18.3 Å². The highest BCUT2D eigenvalue weighted by Gasteiger charge is 2.13. The number of Topliss-reactive ketones (excluding diaryl/α,β-unsaturated/α-hetero) is 1. The lowest BCUT2D eigenvalue weighted by Gasteiger charge is -2.09. The molecule has 0 radical (unpaired) electrons. The summed E-state index contributed by atoms with van der Waals surface area (Å²) >= 11 is 15.0. The van der Waals surface area contributed by atoms with E-state index in [2.05, 4.69) is 15.9 Å². The van der Waals surface area contributed by atoms with E-state index in [9.17, 15) is 13.6 Å². The molecule has 0 aromatic heterocycles. The molecule has 110 valence electrons. The number of halogens is 5. The molecule has 0 bridgehead atoms. The molecule has 0 spiro atoms. The maximum absolute atomic E-state index is 13.1. The molecule has 0 saturated carbocycles. The first-order valence-corrected chi connectivity index (χ1v) is 7.19. The summed E-state index contributed by atoms with van der Waals surface area (Å²) in [5, 5.41) is 0.638. The second-order valence-electron chi connectivity index (χ2n) is 4.04. The van der Waals surface area contributed by atoms with Crippen molar-refractivity contribution in [3.05, 3.63) is 62.0 Å². The third kappa shape index (κ3) is 3.93. The van der Waals surface area contributed by atoms with Gasteiger partial charge in [0.15, 0.2) is 24.0 Å². The molecule has 0 heterocycles. The molecule has 0 saturated heterocycles. The van der Waals surface area contributed by atoms with Crippen LogP contribution in [0.4, 0.5) is 8.78 Å². The number of ether oxygens (including phenoxy) is 1. The predicted molar refractivity (Wildman–Crippen MR) is 80.3 cm³/mol. The van der Waals surface area contributed by atoms with Gasteiger partial charge in [0.25, 0.3) is 0 Å². The fourth-order valence-corrected chi connectivity index (χ4v) is 2.36. The summed E-state index contributed by atoms with van der Waals surface area (Å²) in [5.74, 6) is -2.40. The number of benzene rings is 2. The maximum Gasteiger partial charge on any atom is 0.200 e. The third-order valence-electron chi connectivity index (χ3n) is 2.58. The van der Waals surface area contributed by atoms with Gasteiger partial charge in [-0.15, -0.1) is 0 Å². The summed E-state index contributed by atoms with van der Waals surface area (Å²) in [7, 11) is 0. The minimum absolute atomic E-state index is 0.00762. The van der Waals surface area contributed by atoms with Crippen LogP contribution in [0.5, 0.6) is 5.75 Å². The summed E-state index contributed by atoms with van der Waals surface area (Å²) in [4.78, 5) is 11.8. The second-order valence-corrected chi connectivity index (χ2v) is 5.71. The molecule has 0 aliphatic carbocycles. The Morgan fingerprint density at radius 3 is 2.48 bits per heavy atom. The Morgan fingerprint density at radius 2 is 1.81 bits per heavy atom. The predicted octanol–water partition coefficient (Wildman–Crippen LogP) is 5.30. The van der Waals surface area contributed by atoms with E-state index in [0.29, 0.717) is 9.50 Å². The quantitative estimate of drug-likeness (QED) is 0.519. The summed E-state index contributed by atoms with van der Waals surface area (Å²) in [6.07, 6.45) is 0. The highest BCUT2D eigenvalue weighted by Crippen LogP contribution is 2.34. The van der Waals surface area contributed by atoms with Crippen LogP contribution in [0.3, 0.4) is 0 Å². The normalized spacial score (nSPS) is 10.5. The third-order valence-corrected chi connectivity index (χ3v) is 4.07. The molecule has 2 aromatic rings. The summed E-state index contributed by atoms with van der Waals surface area (Å²) in [5.41, 5.74) is 0.00762. The van der Waals surface area contributed by atoms with E-state index >= 15 is 0 Å². The highest BCUT2D eigenvalue weighted by molar-refractivity contribution is 9.10. The van der Waals surface area contributed by atoms with Crippen molar-refractivity contribution in [1.29, 1.82) is 0 Å². The molecular weight excluding hydrogens is 389 g/mol. The minimum Gasteiger partial charge on any atom is -0.484 e. The first kappa shape index (κ1) is 16.2. The van der Waals surface area contributed by atoms with Crippen LogP contribution in [0.15, 0.2) is 34.8 Å². The molecule has 0 fully saturated rings. The van der Waals surface area contributed by atoms with Gasteiger partial charge in [-0.2, -0.15) is 0 Å². The summed E-state index contributed by atoms with van der Waals surface area (Å²) in [6.45, 7) is -0.372. The van der Waals surface area contributed by atoms with Gasteiger partial charge in [0.05, 0.1) is 10.0 Å². The van der Waals surface area contributed by atoms with Crippen molar-refractivity contribution in [1.82, 2.24) is 0 Å². The molecule has 7 heteroatoms. The van der Waals surface area contributed by atoms with E-state index in [1.54, 1.807) is 0 Å². The highest BCUT2D eigenvalue weighted by atomic mass is 79.9. The Balaban J connectivity index is 2.11. The van der Waals surface area contributed by atoms with Crippen molar-refractivity contribution in [2.75, 3.05) is 6.61 Å². The van der Waals surface area contributed by atoms with Gasteiger partial charge in [0.2, 0.25) is 0 Å². The zero-order chi connectivity index (χ0) is 15.6. The lowest BCUT2D eigenvalue weighted by Crippen LogP contribution is -2.12. The van der Waals surface area contributed by atoms with Crippen LogP contribution in [-0.4, -0.2) is 12.4 Å². The van der Waals surface area contributed by atoms with E-state index in [0.717, 1.165) is 12.1 Å². The van der Waals surface area contributed by atoms with Crippen LogP contribution in [0.25, 0.3) is 0 Å². The van der Waals surface area contributed by atoms with Crippen LogP contribution < -0.4 is 4.74 Å². The minimum atomic E-state index is -1.09. The van der Waals surface area contributed by atoms with Gasteiger partial charge in [-0.05, 0) is 40.2 Å². The Labute approximate surface area is 137 Å². The van der Waals surface area contributed by atoms with E-state index in [-0.39, 0.29) is 22.9 Å². The molecule has 2 nitrogen and oxygen atoms in total. The van der Waals surface area contributed by atoms with Crippen molar-refractivity contribution in [3.8, 4) is 5.75 Å². The molecule has 0 aliphatic heterocycles. The number of carbonyl (C=O) groups is 1. The van der Waals surface area contributed by atoms with Crippen molar-refractivity contribution in [2.45, 2.75) is 0 Å². The Hall–Kier alpha value is -1.17. The zero-order valence-corrected chi connectivity index (χ0v) is 13.4. The van der Waals surface area contributed by atoms with Gasteiger partial charge in [-0.3, -0.25) is 4.79 Å². The molecule has 0 N–H and O–H groups in total. The van der Waals surface area contributed by atoms with Crippen LogP contribution in [-0.2, 0) is 0 Å². The molecule has 0 atom stereocenters. The largest absolute Gasteiger partial charge is 0.484 e. The molecule has 2 aromatic carbocycles. The fourth-order valence-electron chi connectivity index (χ4n) is 1.51. The zero-order valence-electron chi connectivity index (χ0n) is 10.3. The van der Waals surface area contributed by atoms with E-state index < -0.39 is 17.4 Å². The van der Waals surface area contributed by atoms with Gasteiger partial charge >= 0.3 is 0 Å². The first-order chi connectivity index (χ1) is 9.88. The van der Waals surface area contributed by atoms with Crippen molar-refractivity contribution in [3.63, 3.8) is 0 Å². The standard InChI is InChI=1S/C14H7BrCl2F2O2/c15-8-4-10(17)14(5-9(8)16)21-6-13(20)7-1-2-11(18)12(19)3-7/h1-5H,6H2. The number of carbonyl (C=O) groups excluding carboxylic acids is 1. The van der Waals surface area contributed by atoms with E-state index in [4.69, 9.17) is 27.9 Å². The van der Waals surface area contributed by atoms with E-state index in [1.807, 2.05) is 0 Å². The molecule has 0 unspecified atom stereocenters. The number of hydrogen-bond donors (Lipinski definition) is 0. The van der Waals surface area contributed by atoms with Crippen molar-refractivity contribution >= 4 is 44.9 Å². The average Bonchev–Trinajstić information content (AvgIpc) is 2.44. The number of rotatable bonds is 4. The summed E-state index contributed by atoms with van der Waals surface area (Å²) in [6, 6.07) is 5.86. The summed E-state index contributed by atoms with van der Waals surface area (Å²) < 4.78 is 31.7. The molecule has 0 amide bonds. The maximum atomic E-state index is 13.1. The van der Waals surface area contributed by atoms with Crippen LogP contribution in [0.1, 0.15) is 10.4 Å².